The van der Waals surface area contributed by atoms with Gasteiger partial charge in [0.25, 0.3) is 0 Å². The van der Waals surface area contributed by atoms with Crippen molar-refractivity contribution in [2.45, 2.75) is 31.6 Å². The van der Waals surface area contributed by atoms with Gasteiger partial charge in [-0.1, -0.05) is 37.3 Å². The number of carbonyl (C=O) groups is 1. The van der Waals surface area contributed by atoms with Crippen molar-refractivity contribution in [3.05, 3.63) is 53.9 Å². The number of aromatic nitrogens is 2. The number of aromatic amines is 1. The molecule has 2 heterocycles. The Labute approximate surface area is 143 Å². The van der Waals surface area contributed by atoms with Crippen LogP contribution in [-0.4, -0.2) is 47.2 Å². The normalized spacial score (nSPS) is 17.5. The van der Waals surface area contributed by atoms with Crippen LogP contribution in [0, 0.1) is 0 Å². The first-order chi connectivity index (χ1) is 11.7. The third kappa shape index (κ3) is 4.45. The molecule has 128 valence electrons. The quantitative estimate of drug-likeness (QED) is 0.857. The van der Waals surface area contributed by atoms with Gasteiger partial charge in [0.05, 0.1) is 12.7 Å². The number of nitrogens with one attached hydrogen (secondary N) is 2. The maximum atomic E-state index is 12.2. The summed E-state index contributed by atoms with van der Waals surface area (Å²) in [5.41, 5.74) is 2.55. The van der Waals surface area contributed by atoms with E-state index in [-0.39, 0.29) is 5.91 Å². The SMILES string of the molecule is CC(CNC(=O)CN1CCC(c2cn[nH]c2)CC1)c1ccccc1. The summed E-state index contributed by atoms with van der Waals surface area (Å²) < 4.78 is 0. The van der Waals surface area contributed by atoms with Gasteiger partial charge < -0.3 is 5.32 Å². The van der Waals surface area contributed by atoms with Crippen LogP contribution in [0.1, 0.15) is 42.7 Å². The first-order valence-corrected chi connectivity index (χ1v) is 8.75. The molecule has 1 unspecified atom stereocenters. The summed E-state index contributed by atoms with van der Waals surface area (Å²) >= 11 is 0. The number of H-pyrrole nitrogens is 1. The van der Waals surface area contributed by atoms with E-state index in [0.717, 1.165) is 25.9 Å². The minimum atomic E-state index is 0.125. The minimum Gasteiger partial charge on any atom is -0.354 e. The summed E-state index contributed by atoms with van der Waals surface area (Å²) in [7, 11) is 0. The third-order valence-corrected chi connectivity index (χ3v) is 4.92. The zero-order valence-electron chi connectivity index (χ0n) is 14.2. The standard InChI is InChI=1S/C19H26N4O/c1-15(16-5-3-2-4-6-16)11-20-19(24)14-23-9-7-17(8-10-23)18-12-21-22-13-18/h2-6,12-13,15,17H,7-11,14H2,1H3,(H,20,24)(H,21,22). The molecule has 1 aromatic carbocycles. The lowest BCUT2D eigenvalue weighted by atomic mass is 9.91. The van der Waals surface area contributed by atoms with E-state index >= 15 is 0 Å². The summed E-state index contributed by atoms with van der Waals surface area (Å²) in [5, 5.41) is 9.98. The Morgan fingerprint density at radius 1 is 1.33 bits per heavy atom. The maximum absolute atomic E-state index is 12.2. The zero-order valence-corrected chi connectivity index (χ0v) is 14.2. The largest absolute Gasteiger partial charge is 0.354 e. The number of nitrogens with zero attached hydrogens (tertiary/aromatic N) is 2. The molecule has 2 aromatic rings. The van der Waals surface area contributed by atoms with Crippen molar-refractivity contribution in [1.29, 1.82) is 0 Å². The van der Waals surface area contributed by atoms with Crippen LogP contribution >= 0.6 is 0 Å². The number of likely N-dealkylation sites (tertiary alicyclic amines) is 1. The van der Waals surface area contributed by atoms with Gasteiger partial charge in [0, 0.05) is 12.7 Å². The number of amides is 1. The first-order valence-electron chi connectivity index (χ1n) is 8.75. The molecule has 24 heavy (non-hydrogen) atoms. The molecule has 0 aliphatic carbocycles. The summed E-state index contributed by atoms with van der Waals surface area (Å²) in [6.45, 7) is 5.27. The fourth-order valence-electron chi connectivity index (χ4n) is 3.33. The molecule has 2 N–H and O–H groups in total. The van der Waals surface area contributed by atoms with Crippen molar-refractivity contribution >= 4 is 5.91 Å². The molecule has 0 spiro atoms. The molecule has 1 aromatic heterocycles. The third-order valence-electron chi connectivity index (χ3n) is 4.92. The van der Waals surface area contributed by atoms with Crippen molar-refractivity contribution in [2.75, 3.05) is 26.2 Å². The molecule has 1 aliphatic rings. The molecule has 1 aliphatic heterocycles. The van der Waals surface area contributed by atoms with E-state index < -0.39 is 0 Å². The molecule has 5 heteroatoms. The lowest BCUT2D eigenvalue weighted by molar-refractivity contribution is -0.122. The van der Waals surface area contributed by atoms with Crippen molar-refractivity contribution < 1.29 is 4.79 Å². The molecule has 1 atom stereocenters. The van der Waals surface area contributed by atoms with Crippen LogP contribution in [0.4, 0.5) is 0 Å². The Morgan fingerprint density at radius 3 is 2.75 bits per heavy atom. The van der Waals surface area contributed by atoms with Crippen molar-refractivity contribution in [1.82, 2.24) is 20.4 Å². The number of hydrogen-bond donors (Lipinski definition) is 2. The molecule has 5 nitrogen and oxygen atoms in total. The summed E-state index contributed by atoms with van der Waals surface area (Å²) in [6.07, 6.45) is 6.08. The van der Waals surface area contributed by atoms with Gasteiger partial charge in [-0.05, 0) is 48.9 Å². The lowest BCUT2D eigenvalue weighted by Crippen LogP contribution is -2.41. The molecule has 1 saturated heterocycles. The lowest BCUT2D eigenvalue weighted by Gasteiger charge is -2.31. The van der Waals surface area contributed by atoms with Crippen molar-refractivity contribution in [3.8, 4) is 0 Å². The Balaban J connectivity index is 1.38. The van der Waals surface area contributed by atoms with Crippen LogP contribution in [0.25, 0.3) is 0 Å². The topological polar surface area (TPSA) is 61.0 Å². The smallest absolute Gasteiger partial charge is 0.234 e. The van der Waals surface area contributed by atoms with Gasteiger partial charge in [-0.3, -0.25) is 14.8 Å². The van der Waals surface area contributed by atoms with Crippen LogP contribution in [-0.2, 0) is 4.79 Å². The van der Waals surface area contributed by atoms with Gasteiger partial charge in [0.2, 0.25) is 5.91 Å². The van der Waals surface area contributed by atoms with Crippen LogP contribution in [0.3, 0.4) is 0 Å². The zero-order chi connectivity index (χ0) is 16.8. The van der Waals surface area contributed by atoms with E-state index in [0.29, 0.717) is 24.9 Å². The molecule has 0 saturated carbocycles. The van der Waals surface area contributed by atoms with Gasteiger partial charge in [-0.25, -0.2) is 0 Å². The van der Waals surface area contributed by atoms with Gasteiger partial charge in [-0.2, -0.15) is 5.10 Å². The highest BCUT2D eigenvalue weighted by Crippen LogP contribution is 2.26. The van der Waals surface area contributed by atoms with E-state index in [4.69, 9.17) is 0 Å². The van der Waals surface area contributed by atoms with E-state index in [1.165, 1.54) is 11.1 Å². The Morgan fingerprint density at radius 2 is 2.08 bits per heavy atom. The molecule has 1 fully saturated rings. The highest BCUT2D eigenvalue weighted by molar-refractivity contribution is 5.78. The number of piperidine rings is 1. The molecular weight excluding hydrogens is 300 g/mol. The minimum absolute atomic E-state index is 0.125. The Kier molecular flexibility index (Phi) is 5.64. The van der Waals surface area contributed by atoms with E-state index in [2.05, 4.69) is 39.5 Å². The highest BCUT2D eigenvalue weighted by Gasteiger charge is 2.22. The summed E-state index contributed by atoms with van der Waals surface area (Å²) in [6, 6.07) is 10.3. The van der Waals surface area contributed by atoms with Crippen LogP contribution in [0.15, 0.2) is 42.7 Å². The molecular formula is C19H26N4O. The Hall–Kier alpha value is -2.14. The summed E-state index contributed by atoms with van der Waals surface area (Å²) in [5.74, 6) is 1.03. The van der Waals surface area contributed by atoms with Crippen molar-refractivity contribution in [3.63, 3.8) is 0 Å². The maximum Gasteiger partial charge on any atom is 0.234 e. The molecule has 1 amide bonds. The molecule has 0 bridgehead atoms. The van der Waals surface area contributed by atoms with Gasteiger partial charge in [0.15, 0.2) is 0 Å². The van der Waals surface area contributed by atoms with Crippen LogP contribution in [0.5, 0.6) is 0 Å². The number of benzene rings is 1. The number of rotatable bonds is 6. The summed E-state index contributed by atoms with van der Waals surface area (Å²) in [4.78, 5) is 14.4. The predicted molar refractivity (Wildman–Crippen MR) is 94.9 cm³/mol. The molecule has 3 rings (SSSR count). The van der Waals surface area contributed by atoms with Crippen LogP contribution < -0.4 is 5.32 Å². The second-order valence-electron chi connectivity index (χ2n) is 6.70. The van der Waals surface area contributed by atoms with Crippen molar-refractivity contribution in [2.24, 2.45) is 0 Å². The second-order valence-corrected chi connectivity index (χ2v) is 6.70. The monoisotopic (exact) mass is 326 g/mol. The fraction of sp³-hybridized carbons (Fsp3) is 0.474. The van der Waals surface area contributed by atoms with E-state index in [9.17, 15) is 4.79 Å². The second kappa shape index (κ2) is 8.11. The Bertz CT molecular complexity index is 618. The average molecular weight is 326 g/mol. The van der Waals surface area contributed by atoms with Gasteiger partial charge in [-0.15, -0.1) is 0 Å². The van der Waals surface area contributed by atoms with Gasteiger partial charge in [0.1, 0.15) is 0 Å². The number of hydrogen-bond acceptors (Lipinski definition) is 3. The van der Waals surface area contributed by atoms with E-state index in [1.54, 1.807) is 0 Å². The fourth-order valence-corrected chi connectivity index (χ4v) is 3.33. The predicted octanol–water partition coefficient (Wildman–Crippen LogP) is 2.51. The van der Waals surface area contributed by atoms with Gasteiger partial charge >= 0.3 is 0 Å². The highest BCUT2D eigenvalue weighted by atomic mass is 16.2. The molecule has 0 radical (unpaired) electrons. The average Bonchev–Trinajstić information content (AvgIpc) is 3.16. The van der Waals surface area contributed by atoms with E-state index in [1.807, 2.05) is 30.6 Å². The van der Waals surface area contributed by atoms with Crippen LogP contribution in [0.2, 0.25) is 0 Å². The number of carbonyl (C=O) groups excluding carboxylic acids is 1. The first kappa shape index (κ1) is 16.7.